The van der Waals surface area contributed by atoms with Crippen molar-refractivity contribution < 1.29 is 28.7 Å². The van der Waals surface area contributed by atoms with Crippen molar-refractivity contribution in [1.82, 2.24) is 16.0 Å². The van der Waals surface area contributed by atoms with Gasteiger partial charge in [-0.2, -0.15) is 0 Å². The van der Waals surface area contributed by atoms with E-state index in [-0.39, 0.29) is 43.0 Å². The third kappa shape index (κ3) is 7.33. The highest BCUT2D eigenvalue weighted by Crippen LogP contribution is 2.17. The van der Waals surface area contributed by atoms with Crippen LogP contribution in [0.4, 0.5) is 0 Å². The SMILES string of the molecule is COCC(=O)[C@H](C[C@@H]1CCNC1=O)NC(=O)[C@H](CC(C)C)NC(=O)C(N)=O. The Morgan fingerprint density at radius 1 is 1.22 bits per heavy atom. The van der Waals surface area contributed by atoms with Gasteiger partial charge in [0.05, 0.1) is 6.04 Å². The number of nitrogens with one attached hydrogen (secondary N) is 3. The van der Waals surface area contributed by atoms with E-state index in [4.69, 9.17) is 10.5 Å². The monoisotopic (exact) mass is 384 g/mol. The van der Waals surface area contributed by atoms with Gasteiger partial charge in [-0.3, -0.25) is 24.0 Å². The molecule has 0 aliphatic carbocycles. The van der Waals surface area contributed by atoms with Gasteiger partial charge in [0.2, 0.25) is 11.8 Å². The number of carbonyl (C=O) groups excluding carboxylic acids is 5. The predicted octanol–water partition coefficient (Wildman–Crippen LogP) is -1.77. The Kier molecular flexibility index (Phi) is 8.86. The highest BCUT2D eigenvalue weighted by Gasteiger charge is 2.33. The minimum absolute atomic E-state index is 0.0302. The summed E-state index contributed by atoms with van der Waals surface area (Å²) in [4.78, 5) is 59.3. The zero-order valence-electron chi connectivity index (χ0n) is 15.9. The minimum Gasteiger partial charge on any atom is -0.377 e. The molecule has 1 heterocycles. The molecule has 27 heavy (non-hydrogen) atoms. The third-order valence-electron chi connectivity index (χ3n) is 4.23. The van der Waals surface area contributed by atoms with Crippen LogP contribution in [-0.2, 0) is 28.7 Å². The molecule has 0 saturated carbocycles. The van der Waals surface area contributed by atoms with Gasteiger partial charge < -0.3 is 26.4 Å². The van der Waals surface area contributed by atoms with Gasteiger partial charge in [-0.05, 0) is 25.2 Å². The highest BCUT2D eigenvalue weighted by atomic mass is 16.5. The molecule has 1 saturated heterocycles. The second-order valence-electron chi connectivity index (χ2n) is 6.99. The van der Waals surface area contributed by atoms with Gasteiger partial charge in [-0.1, -0.05) is 13.8 Å². The van der Waals surface area contributed by atoms with Crippen molar-refractivity contribution in [2.45, 2.75) is 45.2 Å². The second kappa shape index (κ2) is 10.6. The fourth-order valence-electron chi connectivity index (χ4n) is 2.87. The van der Waals surface area contributed by atoms with Crippen LogP contribution < -0.4 is 21.7 Å². The molecule has 1 rings (SSSR count). The molecular formula is C17H28N4O6. The van der Waals surface area contributed by atoms with Gasteiger partial charge in [0.25, 0.3) is 0 Å². The summed E-state index contributed by atoms with van der Waals surface area (Å²) in [5, 5.41) is 7.55. The summed E-state index contributed by atoms with van der Waals surface area (Å²) in [6.45, 7) is 3.98. The maximum atomic E-state index is 12.6. The number of amides is 4. The summed E-state index contributed by atoms with van der Waals surface area (Å²) in [6, 6.07) is -1.97. The van der Waals surface area contributed by atoms with E-state index in [0.29, 0.717) is 13.0 Å². The summed E-state index contributed by atoms with van der Waals surface area (Å²) in [6.07, 6.45) is 0.956. The van der Waals surface area contributed by atoms with Crippen LogP contribution in [0.5, 0.6) is 0 Å². The molecule has 0 aromatic rings. The summed E-state index contributed by atoms with van der Waals surface area (Å²) in [5.41, 5.74) is 4.93. The Morgan fingerprint density at radius 2 is 1.89 bits per heavy atom. The Bertz CT molecular complexity index is 592. The van der Waals surface area contributed by atoms with Crippen LogP contribution in [-0.4, -0.2) is 61.8 Å². The predicted molar refractivity (Wildman–Crippen MR) is 95.1 cm³/mol. The van der Waals surface area contributed by atoms with Crippen molar-refractivity contribution >= 4 is 29.4 Å². The molecule has 3 atom stereocenters. The van der Waals surface area contributed by atoms with E-state index in [0.717, 1.165) is 0 Å². The van der Waals surface area contributed by atoms with Crippen molar-refractivity contribution in [2.75, 3.05) is 20.3 Å². The van der Waals surface area contributed by atoms with E-state index >= 15 is 0 Å². The number of rotatable bonds is 10. The zero-order chi connectivity index (χ0) is 20.6. The second-order valence-corrected chi connectivity index (χ2v) is 6.99. The summed E-state index contributed by atoms with van der Waals surface area (Å²) in [5.74, 6) is -3.80. The van der Waals surface area contributed by atoms with Crippen LogP contribution in [0.3, 0.4) is 0 Å². The Hall–Kier alpha value is -2.49. The fraction of sp³-hybridized carbons (Fsp3) is 0.706. The Morgan fingerprint density at radius 3 is 2.37 bits per heavy atom. The Labute approximate surface area is 157 Å². The molecule has 10 nitrogen and oxygen atoms in total. The maximum Gasteiger partial charge on any atom is 0.309 e. The first-order valence-electron chi connectivity index (χ1n) is 8.85. The van der Waals surface area contributed by atoms with Gasteiger partial charge >= 0.3 is 11.8 Å². The van der Waals surface area contributed by atoms with Crippen molar-refractivity contribution in [3.8, 4) is 0 Å². The van der Waals surface area contributed by atoms with Crippen LogP contribution in [0.25, 0.3) is 0 Å². The number of carbonyl (C=O) groups is 5. The van der Waals surface area contributed by atoms with Gasteiger partial charge in [0.1, 0.15) is 12.6 Å². The molecule has 10 heteroatoms. The molecule has 0 unspecified atom stereocenters. The molecule has 152 valence electrons. The van der Waals surface area contributed by atoms with Crippen LogP contribution in [0.15, 0.2) is 0 Å². The summed E-state index contributed by atoms with van der Waals surface area (Å²) < 4.78 is 4.85. The van der Waals surface area contributed by atoms with Crippen molar-refractivity contribution in [3.05, 3.63) is 0 Å². The number of hydrogen-bond donors (Lipinski definition) is 4. The molecule has 0 bridgehead atoms. The molecule has 0 radical (unpaired) electrons. The van der Waals surface area contributed by atoms with E-state index < -0.39 is 29.8 Å². The van der Waals surface area contributed by atoms with Crippen molar-refractivity contribution in [3.63, 3.8) is 0 Å². The molecule has 1 fully saturated rings. The lowest BCUT2D eigenvalue weighted by atomic mass is 9.95. The molecule has 4 amide bonds. The van der Waals surface area contributed by atoms with E-state index in [2.05, 4.69) is 16.0 Å². The average molecular weight is 384 g/mol. The molecule has 0 aromatic heterocycles. The number of ether oxygens (including phenoxy) is 1. The lowest BCUT2D eigenvalue weighted by Gasteiger charge is -2.24. The number of ketones is 1. The molecule has 5 N–H and O–H groups in total. The molecule has 1 aliphatic rings. The van der Waals surface area contributed by atoms with Crippen LogP contribution in [0.2, 0.25) is 0 Å². The van der Waals surface area contributed by atoms with Crippen molar-refractivity contribution in [2.24, 2.45) is 17.6 Å². The smallest absolute Gasteiger partial charge is 0.309 e. The number of primary amides is 1. The molecule has 0 aromatic carbocycles. The number of Topliss-reactive ketones (excluding diaryl/α,β-unsaturated/α-hetero) is 1. The van der Waals surface area contributed by atoms with Crippen LogP contribution in [0.1, 0.15) is 33.1 Å². The number of methoxy groups -OCH3 is 1. The first-order valence-corrected chi connectivity index (χ1v) is 8.85. The quantitative estimate of drug-likeness (QED) is 0.327. The molecule has 0 spiro atoms. The maximum absolute atomic E-state index is 12.6. The first kappa shape index (κ1) is 22.6. The fourth-order valence-corrected chi connectivity index (χ4v) is 2.87. The molecule has 1 aliphatic heterocycles. The Balaban J connectivity index is 2.88. The average Bonchev–Trinajstić information content (AvgIpc) is 2.98. The normalized spacial score (nSPS) is 18.5. The number of nitrogens with two attached hydrogens (primary N) is 1. The van der Waals surface area contributed by atoms with E-state index in [1.807, 2.05) is 13.8 Å². The van der Waals surface area contributed by atoms with Gasteiger partial charge in [0.15, 0.2) is 5.78 Å². The van der Waals surface area contributed by atoms with Gasteiger partial charge in [-0.15, -0.1) is 0 Å². The topological polar surface area (TPSA) is 157 Å². The van der Waals surface area contributed by atoms with Crippen LogP contribution >= 0.6 is 0 Å². The number of hydrogen-bond acceptors (Lipinski definition) is 6. The third-order valence-corrected chi connectivity index (χ3v) is 4.23. The van der Waals surface area contributed by atoms with Gasteiger partial charge in [0, 0.05) is 19.6 Å². The lowest BCUT2D eigenvalue weighted by molar-refractivity contribution is -0.139. The van der Waals surface area contributed by atoms with Crippen LogP contribution in [0, 0.1) is 11.8 Å². The first-order chi connectivity index (χ1) is 12.6. The lowest BCUT2D eigenvalue weighted by Crippen LogP contribution is -2.54. The largest absolute Gasteiger partial charge is 0.377 e. The van der Waals surface area contributed by atoms with E-state index in [1.165, 1.54) is 7.11 Å². The van der Waals surface area contributed by atoms with Gasteiger partial charge in [-0.25, -0.2) is 0 Å². The van der Waals surface area contributed by atoms with E-state index in [9.17, 15) is 24.0 Å². The summed E-state index contributed by atoms with van der Waals surface area (Å²) in [7, 11) is 1.35. The van der Waals surface area contributed by atoms with Crippen molar-refractivity contribution in [1.29, 1.82) is 0 Å². The summed E-state index contributed by atoms with van der Waals surface area (Å²) >= 11 is 0. The standard InChI is InChI=1S/C17H28N4O6/c1-9(2)6-12(21-17(26)14(18)23)16(25)20-11(13(22)8-27-3)7-10-4-5-19-15(10)24/h9-12H,4-8H2,1-3H3,(H2,18,23)(H,19,24)(H,20,25)(H,21,26)/t10-,11-,12-/m0/s1. The van der Waals surface area contributed by atoms with E-state index in [1.54, 1.807) is 0 Å². The molecular weight excluding hydrogens is 356 g/mol. The highest BCUT2D eigenvalue weighted by molar-refractivity contribution is 6.34. The zero-order valence-corrected chi connectivity index (χ0v) is 15.9. The minimum atomic E-state index is -1.20.